The second-order valence-corrected chi connectivity index (χ2v) is 5.69. The minimum atomic E-state index is -0.272. The van der Waals surface area contributed by atoms with E-state index < -0.39 is 0 Å². The molecule has 0 aliphatic carbocycles. The number of anilines is 1. The molecule has 2 unspecified atom stereocenters. The van der Waals surface area contributed by atoms with Crippen LogP contribution in [0, 0.1) is 6.92 Å². The van der Waals surface area contributed by atoms with Gasteiger partial charge in [-0.1, -0.05) is 0 Å². The molecule has 0 aromatic heterocycles. The van der Waals surface area contributed by atoms with Gasteiger partial charge in [-0.05, 0) is 57.9 Å². The molecule has 0 bridgehead atoms. The molecule has 1 aromatic carbocycles. The Hall–Kier alpha value is -1.55. The largest absolute Gasteiger partial charge is 0.385 e. The molecule has 1 amide bonds. The van der Waals surface area contributed by atoms with Crippen LogP contribution in [0.25, 0.3) is 0 Å². The number of benzene rings is 1. The van der Waals surface area contributed by atoms with Crippen LogP contribution in [0.15, 0.2) is 18.2 Å². The average molecular weight is 276 g/mol. The van der Waals surface area contributed by atoms with E-state index in [9.17, 15) is 4.79 Å². The molecule has 20 heavy (non-hydrogen) atoms. The number of hydrogen-bond acceptors (Lipinski definition) is 3. The highest BCUT2D eigenvalue weighted by molar-refractivity contribution is 5.95. The summed E-state index contributed by atoms with van der Waals surface area (Å²) in [5.74, 6) is -0.0315. The first-order valence-corrected chi connectivity index (χ1v) is 7.25. The maximum Gasteiger partial charge on any atom is 0.251 e. The van der Waals surface area contributed by atoms with Crippen LogP contribution in [0.2, 0.25) is 0 Å². The van der Waals surface area contributed by atoms with Crippen LogP contribution >= 0.6 is 0 Å². The van der Waals surface area contributed by atoms with Gasteiger partial charge in [0.15, 0.2) is 0 Å². The predicted octanol–water partition coefficient (Wildman–Crippen LogP) is 2.72. The molecule has 2 atom stereocenters. The molecule has 1 aliphatic heterocycles. The molecule has 2 N–H and O–H groups in total. The average Bonchev–Trinajstić information content (AvgIpc) is 2.72. The molecular formula is C16H24N2O2. The van der Waals surface area contributed by atoms with Gasteiger partial charge in [-0.15, -0.1) is 0 Å². The van der Waals surface area contributed by atoms with Crippen molar-refractivity contribution in [2.45, 2.75) is 45.8 Å². The first-order valence-electron chi connectivity index (χ1n) is 7.25. The highest BCUT2D eigenvalue weighted by atomic mass is 16.5. The standard InChI is InChI=1S/C16H24N2O2/c1-5-17-14-7-6-13(10-11(14)2)15(19)18-16(4)8-9-20-12(16)3/h6-7,10,12,17H,5,8-9H2,1-4H3,(H,18,19). The molecule has 1 heterocycles. The molecule has 110 valence electrons. The van der Waals surface area contributed by atoms with E-state index in [1.807, 2.05) is 39.0 Å². The molecule has 0 spiro atoms. The zero-order chi connectivity index (χ0) is 14.8. The lowest BCUT2D eigenvalue weighted by molar-refractivity contribution is 0.0727. The summed E-state index contributed by atoms with van der Waals surface area (Å²) in [5, 5.41) is 6.39. The lowest BCUT2D eigenvalue weighted by Gasteiger charge is -2.29. The van der Waals surface area contributed by atoms with Crippen LogP contribution in [0.4, 0.5) is 5.69 Å². The summed E-state index contributed by atoms with van der Waals surface area (Å²) in [6.07, 6.45) is 0.905. The molecule has 1 aromatic rings. The van der Waals surface area contributed by atoms with Crippen LogP contribution in [0.3, 0.4) is 0 Å². The molecule has 4 nitrogen and oxygen atoms in total. The Bertz CT molecular complexity index is 501. The molecule has 0 saturated carbocycles. The van der Waals surface area contributed by atoms with Gasteiger partial charge in [-0.2, -0.15) is 0 Å². The van der Waals surface area contributed by atoms with Crippen LogP contribution in [0.1, 0.15) is 43.1 Å². The van der Waals surface area contributed by atoms with Gasteiger partial charge < -0.3 is 15.4 Å². The number of hydrogen-bond donors (Lipinski definition) is 2. The van der Waals surface area contributed by atoms with Gasteiger partial charge in [0.2, 0.25) is 0 Å². The van der Waals surface area contributed by atoms with Gasteiger partial charge in [0.25, 0.3) is 5.91 Å². The Labute approximate surface area is 120 Å². The van der Waals surface area contributed by atoms with E-state index in [0.29, 0.717) is 12.2 Å². The fourth-order valence-corrected chi connectivity index (χ4v) is 2.52. The SMILES string of the molecule is CCNc1ccc(C(=O)NC2(C)CCOC2C)cc1C. The van der Waals surface area contributed by atoms with E-state index in [2.05, 4.69) is 17.6 Å². The number of nitrogens with one attached hydrogen (secondary N) is 2. The van der Waals surface area contributed by atoms with E-state index in [0.717, 1.165) is 24.2 Å². The lowest BCUT2D eigenvalue weighted by atomic mass is 9.94. The van der Waals surface area contributed by atoms with Crippen molar-refractivity contribution in [2.24, 2.45) is 0 Å². The smallest absolute Gasteiger partial charge is 0.251 e. The number of carbonyl (C=O) groups is 1. The molecule has 0 radical (unpaired) electrons. The van der Waals surface area contributed by atoms with Crippen LogP contribution < -0.4 is 10.6 Å². The Morgan fingerprint density at radius 1 is 1.50 bits per heavy atom. The quantitative estimate of drug-likeness (QED) is 0.889. The molecule has 1 saturated heterocycles. The Morgan fingerprint density at radius 2 is 2.25 bits per heavy atom. The fraction of sp³-hybridized carbons (Fsp3) is 0.562. The zero-order valence-corrected chi connectivity index (χ0v) is 12.7. The summed E-state index contributed by atoms with van der Waals surface area (Å²) in [5.41, 5.74) is 2.59. The third kappa shape index (κ3) is 2.96. The number of ether oxygens (including phenoxy) is 1. The predicted molar refractivity (Wildman–Crippen MR) is 81.2 cm³/mol. The second kappa shape index (κ2) is 5.83. The van der Waals surface area contributed by atoms with Gasteiger partial charge in [-0.25, -0.2) is 0 Å². The molecular weight excluding hydrogens is 252 g/mol. The van der Waals surface area contributed by atoms with Crippen molar-refractivity contribution in [1.29, 1.82) is 0 Å². The van der Waals surface area contributed by atoms with E-state index in [4.69, 9.17) is 4.74 Å². The van der Waals surface area contributed by atoms with E-state index in [1.165, 1.54) is 0 Å². The van der Waals surface area contributed by atoms with E-state index in [-0.39, 0.29) is 17.6 Å². The van der Waals surface area contributed by atoms with Gasteiger partial charge in [0, 0.05) is 24.4 Å². The van der Waals surface area contributed by atoms with Crippen LogP contribution in [-0.2, 0) is 4.74 Å². The summed E-state index contributed by atoms with van der Waals surface area (Å²) in [6, 6.07) is 5.76. The van der Waals surface area contributed by atoms with Crippen molar-refractivity contribution in [3.63, 3.8) is 0 Å². The Morgan fingerprint density at radius 3 is 2.80 bits per heavy atom. The highest BCUT2D eigenvalue weighted by Crippen LogP contribution is 2.26. The Balaban J connectivity index is 2.11. The van der Waals surface area contributed by atoms with E-state index >= 15 is 0 Å². The lowest BCUT2D eigenvalue weighted by Crippen LogP contribution is -2.50. The summed E-state index contributed by atoms with van der Waals surface area (Å²) < 4.78 is 5.56. The molecule has 1 fully saturated rings. The fourth-order valence-electron chi connectivity index (χ4n) is 2.52. The zero-order valence-electron chi connectivity index (χ0n) is 12.7. The maximum atomic E-state index is 12.4. The highest BCUT2D eigenvalue weighted by Gasteiger charge is 2.38. The van der Waals surface area contributed by atoms with Gasteiger partial charge in [0.05, 0.1) is 11.6 Å². The van der Waals surface area contributed by atoms with Crippen molar-refractivity contribution in [1.82, 2.24) is 5.32 Å². The topological polar surface area (TPSA) is 50.4 Å². The molecule has 4 heteroatoms. The minimum absolute atomic E-state index is 0.0315. The van der Waals surface area contributed by atoms with Gasteiger partial charge in [-0.3, -0.25) is 4.79 Å². The third-order valence-electron chi connectivity index (χ3n) is 4.14. The summed E-state index contributed by atoms with van der Waals surface area (Å²) >= 11 is 0. The monoisotopic (exact) mass is 276 g/mol. The number of aryl methyl sites for hydroxylation is 1. The van der Waals surface area contributed by atoms with Crippen molar-refractivity contribution in [3.05, 3.63) is 29.3 Å². The summed E-state index contributed by atoms with van der Waals surface area (Å²) in [6.45, 7) is 9.70. The molecule has 2 rings (SSSR count). The van der Waals surface area contributed by atoms with Crippen LogP contribution in [0.5, 0.6) is 0 Å². The van der Waals surface area contributed by atoms with Crippen molar-refractivity contribution in [3.8, 4) is 0 Å². The maximum absolute atomic E-state index is 12.4. The third-order valence-corrected chi connectivity index (χ3v) is 4.14. The first kappa shape index (κ1) is 14.9. The number of amides is 1. The Kier molecular flexibility index (Phi) is 4.33. The van der Waals surface area contributed by atoms with Crippen molar-refractivity contribution < 1.29 is 9.53 Å². The first-order chi connectivity index (χ1) is 9.46. The normalized spacial score (nSPS) is 25.5. The number of carbonyl (C=O) groups excluding carboxylic acids is 1. The van der Waals surface area contributed by atoms with Crippen molar-refractivity contribution in [2.75, 3.05) is 18.5 Å². The van der Waals surface area contributed by atoms with Crippen LogP contribution in [-0.4, -0.2) is 30.7 Å². The minimum Gasteiger partial charge on any atom is -0.385 e. The van der Waals surface area contributed by atoms with Gasteiger partial charge >= 0.3 is 0 Å². The van der Waals surface area contributed by atoms with Crippen molar-refractivity contribution >= 4 is 11.6 Å². The second-order valence-electron chi connectivity index (χ2n) is 5.69. The van der Waals surface area contributed by atoms with E-state index in [1.54, 1.807) is 0 Å². The van der Waals surface area contributed by atoms with Gasteiger partial charge in [0.1, 0.15) is 0 Å². The number of rotatable bonds is 4. The summed E-state index contributed by atoms with van der Waals surface area (Å²) in [4.78, 5) is 12.4. The summed E-state index contributed by atoms with van der Waals surface area (Å²) in [7, 11) is 0. The molecule has 1 aliphatic rings.